The molecule has 0 radical (unpaired) electrons. The van der Waals surface area contributed by atoms with Gasteiger partial charge in [-0.15, -0.1) is 0 Å². The van der Waals surface area contributed by atoms with Crippen molar-refractivity contribution in [1.29, 1.82) is 0 Å². The molecule has 174 valence electrons. The minimum atomic E-state index is -0.651. The molecule has 2 fully saturated rings. The number of aliphatic hydroxyl groups excluding tert-OH is 1. The molecule has 2 amide bonds. The summed E-state index contributed by atoms with van der Waals surface area (Å²) in [5, 5.41) is 16.8. The molecule has 3 atom stereocenters. The Bertz CT molecular complexity index is 990. The third-order valence-corrected chi connectivity index (χ3v) is 6.65. The Balaban J connectivity index is 1.51. The van der Waals surface area contributed by atoms with Crippen molar-refractivity contribution in [2.45, 2.75) is 44.2 Å². The van der Waals surface area contributed by atoms with Gasteiger partial charge in [0.2, 0.25) is 5.91 Å². The van der Waals surface area contributed by atoms with E-state index in [1.807, 2.05) is 42.5 Å². The number of nitrogens with one attached hydrogen (secondary N) is 1. The average molecular weight is 450 g/mol. The van der Waals surface area contributed by atoms with Crippen molar-refractivity contribution < 1.29 is 19.5 Å². The van der Waals surface area contributed by atoms with Gasteiger partial charge in [0.05, 0.1) is 12.3 Å². The van der Waals surface area contributed by atoms with Crippen LogP contribution in [0.25, 0.3) is 11.1 Å². The molecule has 7 nitrogen and oxygen atoms in total. The van der Waals surface area contributed by atoms with Gasteiger partial charge in [-0.2, -0.15) is 0 Å². The van der Waals surface area contributed by atoms with Gasteiger partial charge < -0.3 is 20.2 Å². The Morgan fingerprint density at radius 1 is 1.06 bits per heavy atom. The van der Waals surface area contributed by atoms with Crippen LogP contribution >= 0.6 is 0 Å². The largest absolute Gasteiger partial charge is 0.399 e. The maximum absolute atomic E-state index is 13.4. The lowest BCUT2D eigenvalue weighted by atomic mass is 9.85. The molecule has 0 aromatic heterocycles. The molecule has 2 aliphatic rings. The quantitative estimate of drug-likeness (QED) is 0.663. The molecule has 0 bridgehead atoms. The number of likely N-dealkylation sites (tertiary alicyclic amines) is 1. The van der Waals surface area contributed by atoms with E-state index in [2.05, 4.69) is 10.5 Å². The van der Waals surface area contributed by atoms with Crippen LogP contribution in [0.1, 0.15) is 42.5 Å². The topological polar surface area (TPSA) is 91.2 Å². The normalized spacial score (nSPS) is 24.0. The number of oxime groups is 1. The van der Waals surface area contributed by atoms with Crippen LogP contribution in [-0.4, -0.2) is 59.9 Å². The number of carbonyl (C=O) groups is 2. The summed E-state index contributed by atoms with van der Waals surface area (Å²) in [7, 11) is 1.46. The van der Waals surface area contributed by atoms with Crippen molar-refractivity contribution in [3.8, 4) is 11.1 Å². The molecule has 4 rings (SSSR count). The van der Waals surface area contributed by atoms with Crippen LogP contribution in [0.4, 0.5) is 0 Å². The third kappa shape index (κ3) is 5.25. The molecule has 2 aromatic carbocycles. The summed E-state index contributed by atoms with van der Waals surface area (Å²) in [6.45, 7) is 0.307. The summed E-state index contributed by atoms with van der Waals surface area (Å²) < 4.78 is 0. The number of hydrogen-bond donors (Lipinski definition) is 2. The van der Waals surface area contributed by atoms with Crippen molar-refractivity contribution in [3.63, 3.8) is 0 Å². The molecule has 0 spiro atoms. The Kier molecular flexibility index (Phi) is 7.40. The van der Waals surface area contributed by atoms with Crippen molar-refractivity contribution >= 4 is 17.5 Å². The molecule has 1 saturated heterocycles. The van der Waals surface area contributed by atoms with Gasteiger partial charge in [-0.1, -0.05) is 60.5 Å². The number of aliphatic hydroxyl groups is 1. The molecule has 2 N–H and O–H groups in total. The fraction of sp³-hybridized carbons (Fsp3) is 0.423. The van der Waals surface area contributed by atoms with E-state index >= 15 is 0 Å². The fourth-order valence-corrected chi connectivity index (χ4v) is 4.84. The van der Waals surface area contributed by atoms with E-state index in [-0.39, 0.29) is 36.9 Å². The summed E-state index contributed by atoms with van der Waals surface area (Å²) >= 11 is 0. The van der Waals surface area contributed by atoms with Crippen LogP contribution in [0.5, 0.6) is 0 Å². The highest BCUT2D eigenvalue weighted by Gasteiger charge is 2.40. The number of amides is 2. The van der Waals surface area contributed by atoms with E-state index in [0.29, 0.717) is 17.7 Å². The monoisotopic (exact) mass is 449 g/mol. The zero-order chi connectivity index (χ0) is 23.2. The Morgan fingerprint density at radius 3 is 2.45 bits per heavy atom. The zero-order valence-corrected chi connectivity index (χ0v) is 18.9. The lowest BCUT2D eigenvalue weighted by Gasteiger charge is -2.33. The van der Waals surface area contributed by atoms with Crippen LogP contribution in [0.15, 0.2) is 59.8 Å². The number of rotatable bonds is 6. The van der Waals surface area contributed by atoms with Gasteiger partial charge in [0.15, 0.2) is 0 Å². The van der Waals surface area contributed by atoms with Crippen LogP contribution < -0.4 is 5.32 Å². The first-order chi connectivity index (χ1) is 16.1. The van der Waals surface area contributed by atoms with E-state index in [0.717, 1.165) is 36.8 Å². The molecular formula is C26H31N3O4. The standard InChI is InChI=1S/C26H31N3O4/c1-33-28-22-15-24(25(31)27-23-10-6-5-9-21(23)17-30)29(16-22)26(32)20-13-11-19(12-14-20)18-7-3-2-4-8-18/h2-4,7-8,11-14,21,23-24,30H,5-6,9-10,15-17H2,1H3,(H,27,31)/b28-22+. The van der Waals surface area contributed by atoms with Gasteiger partial charge in [-0.25, -0.2) is 0 Å². The SMILES string of the molecule is CO/N=C1\CC(C(=O)NC2CCCCC2CO)N(C(=O)c2ccc(-c3ccccc3)cc2)C1. The Morgan fingerprint density at radius 2 is 1.76 bits per heavy atom. The summed E-state index contributed by atoms with van der Waals surface area (Å²) in [6.07, 6.45) is 4.18. The van der Waals surface area contributed by atoms with Gasteiger partial charge in [0.25, 0.3) is 5.91 Å². The molecule has 33 heavy (non-hydrogen) atoms. The number of carbonyl (C=O) groups excluding carboxylic acids is 2. The molecule has 2 aromatic rings. The highest BCUT2D eigenvalue weighted by Crippen LogP contribution is 2.26. The maximum atomic E-state index is 13.4. The minimum Gasteiger partial charge on any atom is -0.399 e. The molecule has 1 aliphatic carbocycles. The average Bonchev–Trinajstić information content (AvgIpc) is 3.29. The molecule has 1 heterocycles. The number of benzene rings is 2. The maximum Gasteiger partial charge on any atom is 0.254 e. The minimum absolute atomic E-state index is 0.0579. The van der Waals surface area contributed by atoms with Gasteiger partial charge in [0.1, 0.15) is 13.2 Å². The predicted molar refractivity (Wildman–Crippen MR) is 127 cm³/mol. The fourth-order valence-electron chi connectivity index (χ4n) is 4.84. The van der Waals surface area contributed by atoms with Crippen molar-refractivity contribution in [2.75, 3.05) is 20.3 Å². The van der Waals surface area contributed by atoms with Crippen LogP contribution in [0, 0.1) is 5.92 Å². The van der Waals surface area contributed by atoms with Crippen molar-refractivity contribution in [2.24, 2.45) is 11.1 Å². The summed E-state index contributed by atoms with van der Waals surface area (Å²) in [5.74, 6) is -0.347. The molecular weight excluding hydrogens is 418 g/mol. The number of hydrogen-bond acceptors (Lipinski definition) is 5. The van der Waals surface area contributed by atoms with E-state index in [1.165, 1.54) is 7.11 Å². The van der Waals surface area contributed by atoms with Crippen molar-refractivity contribution in [3.05, 3.63) is 60.2 Å². The lowest BCUT2D eigenvalue weighted by molar-refractivity contribution is -0.126. The Labute approximate surface area is 194 Å². The first kappa shape index (κ1) is 23.0. The second-order valence-electron chi connectivity index (χ2n) is 8.78. The zero-order valence-electron chi connectivity index (χ0n) is 18.9. The van der Waals surface area contributed by atoms with Gasteiger partial charge in [0, 0.05) is 30.6 Å². The number of nitrogens with zero attached hydrogens (tertiary/aromatic N) is 2. The first-order valence-electron chi connectivity index (χ1n) is 11.6. The predicted octanol–water partition coefficient (Wildman–Crippen LogP) is 3.24. The second-order valence-corrected chi connectivity index (χ2v) is 8.78. The summed E-state index contributed by atoms with van der Waals surface area (Å²) in [5.41, 5.74) is 3.29. The molecule has 1 aliphatic heterocycles. The van der Waals surface area contributed by atoms with Crippen LogP contribution in [0.3, 0.4) is 0 Å². The second kappa shape index (κ2) is 10.6. The smallest absolute Gasteiger partial charge is 0.254 e. The van der Waals surface area contributed by atoms with Crippen LogP contribution in [0.2, 0.25) is 0 Å². The van der Waals surface area contributed by atoms with E-state index in [1.54, 1.807) is 17.0 Å². The highest BCUT2D eigenvalue weighted by molar-refractivity contribution is 6.05. The van der Waals surface area contributed by atoms with Gasteiger partial charge >= 0.3 is 0 Å². The lowest BCUT2D eigenvalue weighted by Crippen LogP contribution is -2.51. The van der Waals surface area contributed by atoms with E-state index < -0.39 is 6.04 Å². The van der Waals surface area contributed by atoms with Crippen LogP contribution in [-0.2, 0) is 9.63 Å². The Hall–Kier alpha value is -3.19. The van der Waals surface area contributed by atoms with E-state index in [9.17, 15) is 14.7 Å². The first-order valence-corrected chi connectivity index (χ1v) is 11.6. The summed E-state index contributed by atoms with van der Waals surface area (Å²) in [6, 6.07) is 16.7. The third-order valence-electron chi connectivity index (χ3n) is 6.65. The van der Waals surface area contributed by atoms with Gasteiger partial charge in [-0.3, -0.25) is 9.59 Å². The van der Waals surface area contributed by atoms with Gasteiger partial charge in [-0.05, 0) is 36.1 Å². The molecule has 7 heteroatoms. The van der Waals surface area contributed by atoms with E-state index in [4.69, 9.17) is 4.84 Å². The summed E-state index contributed by atoms with van der Waals surface area (Å²) in [4.78, 5) is 33.1. The highest BCUT2D eigenvalue weighted by atomic mass is 16.6. The van der Waals surface area contributed by atoms with Crippen molar-refractivity contribution in [1.82, 2.24) is 10.2 Å². The molecule has 1 saturated carbocycles. The molecule has 3 unspecified atom stereocenters.